The molecule has 0 rings (SSSR count). The Hall–Kier alpha value is 0.510. The maximum Gasteiger partial charge on any atom is 0.0967 e. The van der Waals surface area contributed by atoms with Gasteiger partial charge in [0.05, 0.1) is 12.0 Å². The van der Waals surface area contributed by atoms with E-state index in [-0.39, 0.29) is 12.0 Å². The van der Waals surface area contributed by atoms with Crippen LogP contribution in [0.15, 0.2) is 0 Å². The van der Waals surface area contributed by atoms with Crippen molar-refractivity contribution < 1.29 is 4.39 Å². The molecule has 40 valence electrons. The molecule has 0 bridgehead atoms. The lowest BCUT2D eigenvalue weighted by Gasteiger charge is -1.45. The van der Waals surface area contributed by atoms with Gasteiger partial charge < -0.3 is 0 Å². The molecule has 0 unspecified atom stereocenters. The van der Waals surface area contributed by atoms with Crippen molar-refractivity contribution in [2.24, 2.45) is 0 Å². The van der Waals surface area contributed by atoms with Crippen LogP contribution < -0.4 is 0 Å². The lowest BCUT2D eigenvalue weighted by Crippen LogP contribution is -1.40. The summed E-state index contributed by atoms with van der Waals surface area (Å²) in [6.45, 7) is 1.21. The Morgan fingerprint density at radius 1 is 1.50 bits per heavy atom. The van der Waals surface area contributed by atoms with E-state index in [4.69, 9.17) is 23.2 Å². The first-order chi connectivity index (χ1) is 2.83. The molecule has 0 nitrogen and oxygen atoms in total. The fourth-order valence-electron chi connectivity index (χ4n) is 0. The fourth-order valence-corrected chi connectivity index (χ4v) is 0. The summed E-state index contributed by atoms with van der Waals surface area (Å²) in [7, 11) is 0. The molecule has 0 aliphatic heterocycles. The van der Waals surface area contributed by atoms with E-state index in [2.05, 4.69) is 0 Å². The Balaban J connectivity index is 0. The zero-order valence-electron chi connectivity index (χ0n) is 3.55. The molecular weight excluding hydrogens is 126 g/mol. The van der Waals surface area contributed by atoms with Crippen molar-refractivity contribution in [1.29, 1.82) is 0 Å². The van der Waals surface area contributed by atoms with Crippen molar-refractivity contribution in [3.8, 4) is 0 Å². The van der Waals surface area contributed by atoms with Crippen LogP contribution in [0.3, 0.4) is 0 Å². The molecule has 0 spiro atoms. The van der Waals surface area contributed by atoms with Gasteiger partial charge in [-0.2, -0.15) is 0 Å². The van der Waals surface area contributed by atoms with Crippen LogP contribution in [0.4, 0.5) is 4.39 Å². The second-order valence-corrected chi connectivity index (χ2v) is 1.18. The highest BCUT2D eigenvalue weighted by Crippen LogP contribution is 1.73. The van der Waals surface area contributed by atoms with E-state index in [0.29, 0.717) is 0 Å². The lowest BCUT2D eigenvalue weighted by atomic mass is 10.9. The van der Waals surface area contributed by atoms with Gasteiger partial charge in [-0.15, -0.1) is 23.2 Å². The van der Waals surface area contributed by atoms with Crippen LogP contribution in [0.25, 0.3) is 0 Å². The van der Waals surface area contributed by atoms with Crippen molar-refractivity contribution in [2.45, 2.75) is 6.92 Å². The maximum absolute atomic E-state index is 10.3. The number of hydrogen-bond acceptors (Lipinski definition) is 0. The van der Waals surface area contributed by atoms with E-state index in [0.717, 1.165) is 0 Å². The van der Waals surface area contributed by atoms with Gasteiger partial charge in [0, 0.05) is 0 Å². The molecule has 0 N–H and O–H groups in total. The highest BCUT2D eigenvalue weighted by atomic mass is 35.5. The molecule has 0 aromatic rings. The lowest BCUT2D eigenvalue weighted by molar-refractivity contribution is 0.527. The van der Waals surface area contributed by atoms with Crippen LogP contribution in [0, 0.1) is 0 Å². The minimum Gasteiger partial charge on any atom is -0.251 e. The van der Waals surface area contributed by atoms with E-state index in [1.807, 2.05) is 0 Å². The van der Waals surface area contributed by atoms with Gasteiger partial charge in [0.25, 0.3) is 0 Å². The van der Waals surface area contributed by atoms with E-state index in [1.165, 1.54) is 6.92 Å². The van der Waals surface area contributed by atoms with Gasteiger partial charge in [-0.3, -0.25) is 4.39 Å². The minimum absolute atomic E-state index is 0.194. The molecule has 0 amide bonds. The van der Waals surface area contributed by atoms with Crippen molar-refractivity contribution in [1.82, 2.24) is 0 Å². The topological polar surface area (TPSA) is 0 Å². The highest BCUT2D eigenvalue weighted by Gasteiger charge is 1.41. The molecule has 0 saturated heterocycles. The first-order valence-corrected chi connectivity index (χ1v) is 2.58. The third-order valence-electron chi connectivity index (χ3n) is 0. The number of rotatable bonds is 0. The van der Waals surface area contributed by atoms with Crippen LogP contribution in [-0.2, 0) is 0 Å². The van der Waals surface area contributed by atoms with Gasteiger partial charge in [0.1, 0.15) is 0 Å². The Labute approximate surface area is 47.2 Å². The summed E-state index contributed by atoms with van der Waals surface area (Å²) in [5, 5.41) is 0.194. The summed E-state index contributed by atoms with van der Waals surface area (Å²) in [6.07, 6.45) is 0. The van der Waals surface area contributed by atoms with Gasteiger partial charge in [-0.1, -0.05) is 0 Å². The van der Waals surface area contributed by atoms with Gasteiger partial charge in [0.15, 0.2) is 0 Å². The summed E-state index contributed by atoms with van der Waals surface area (Å²) in [5.41, 5.74) is 0. The van der Waals surface area contributed by atoms with Gasteiger partial charge >= 0.3 is 0 Å². The third kappa shape index (κ3) is 214. The zero-order valence-corrected chi connectivity index (χ0v) is 5.06. The molecule has 0 aliphatic rings. The predicted molar refractivity (Wildman–Crippen MR) is 28.2 cm³/mol. The van der Waals surface area contributed by atoms with Crippen LogP contribution in [0.2, 0.25) is 0 Å². The Bertz CT molecular complexity index is 10.8. The van der Waals surface area contributed by atoms with Gasteiger partial charge in [-0.25, -0.2) is 0 Å². The van der Waals surface area contributed by atoms with Crippen LogP contribution in [0.5, 0.6) is 0 Å². The number of hydrogen-bond donors (Lipinski definition) is 0. The Kier molecular flexibility index (Phi) is 28.8. The van der Waals surface area contributed by atoms with Crippen LogP contribution in [-0.4, -0.2) is 12.0 Å². The quantitative estimate of drug-likeness (QED) is 0.445. The summed E-state index contributed by atoms with van der Waals surface area (Å²) in [4.78, 5) is 0. The molecule has 0 fully saturated rings. The normalized spacial score (nSPS) is 6.00. The molecule has 3 heteroatoms. The predicted octanol–water partition coefficient (Wildman–Crippen LogP) is 2.40. The summed E-state index contributed by atoms with van der Waals surface area (Å²) in [5.74, 6) is 0. The molecular formula is C3H7Cl2F. The molecule has 0 radical (unpaired) electrons. The highest BCUT2D eigenvalue weighted by molar-refractivity contribution is 6.40. The Morgan fingerprint density at radius 3 is 1.50 bits per heavy atom. The minimum atomic E-state index is -0.250. The fraction of sp³-hybridized carbons (Fsp3) is 1.00. The second-order valence-electron chi connectivity index (χ2n) is 0.368. The Morgan fingerprint density at radius 2 is 1.50 bits per heavy atom. The third-order valence-corrected chi connectivity index (χ3v) is 0. The monoisotopic (exact) mass is 132 g/mol. The second kappa shape index (κ2) is 17.8. The standard InChI is InChI=1S/C2H5F.CH2Cl2/c1-2-3;2-1-3/h2H2,1H3;1H2. The van der Waals surface area contributed by atoms with Crippen molar-refractivity contribution >= 4 is 23.2 Å². The molecule has 0 aromatic carbocycles. The summed E-state index contributed by atoms with van der Waals surface area (Å²) >= 11 is 9.53. The van der Waals surface area contributed by atoms with Crippen molar-refractivity contribution in [3.63, 3.8) is 0 Å². The van der Waals surface area contributed by atoms with Crippen molar-refractivity contribution in [3.05, 3.63) is 0 Å². The largest absolute Gasteiger partial charge is 0.251 e. The molecule has 0 aliphatic carbocycles. The van der Waals surface area contributed by atoms with Crippen LogP contribution >= 0.6 is 23.2 Å². The molecule has 0 saturated carbocycles. The van der Waals surface area contributed by atoms with Crippen molar-refractivity contribution in [2.75, 3.05) is 12.0 Å². The first kappa shape index (κ1) is 9.72. The first-order valence-electron chi connectivity index (χ1n) is 1.51. The summed E-state index contributed by atoms with van der Waals surface area (Å²) in [6, 6.07) is 0. The van der Waals surface area contributed by atoms with E-state index < -0.39 is 0 Å². The SMILES string of the molecule is CCF.ClCCl. The van der Waals surface area contributed by atoms with E-state index in [9.17, 15) is 4.39 Å². The molecule has 0 heterocycles. The summed E-state index contributed by atoms with van der Waals surface area (Å²) < 4.78 is 10.3. The average molecular weight is 133 g/mol. The maximum atomic E-state index is 10.3. The zero-order chi connectivity index (χ0) is 5.41. The van der Waals surface area contributed by atoms with Gasteiger partial charge in [-0.05, 0) is 6.92 Å². The van der Waals surface area contributed by atoms with Gasteiger partial charge in [0.2, 0.25) is 0 Å². The average Bonchev–Trinajstić information content (AvgIpc) is 1.39. The smallest absolute Gasteiger partial charge is 0.0967 e. The van der Waals surface area contributed by atoms with Crippen LogP contribution in [0.1, 0.15) is 6.92 Å². The number of halogens is 3. The molecule has 0 aromatic heterocycles. The molecule has 0 atom stereocenters. The molecule has 6 heavy (non-hydrogen) atoms. The van der Waals surface area contributed by atoms with E-state index in [1.54, 1.807) is 0 Å². The number of alkyl halides is 3. The van der Waals surface area contributed by atoms with E-state index >= 15 is 0 Å².